The highest BCUT2D eigenvalue weighted by Crippen LogP contribution is 2.17. The van der Waals surface area contributed by atoms with E-state index in [4.69, 9.17) is 4.74 Å². The summed E-state index contributed by atoms with van der Waals surface area (Å²) in [5.41, 5.74) is 1.30. The lowest BCUT2D eigenvalue weighted by Gasteiger charge is -2.22. The van der Waals surface area contributed by atoms with Crippen molar-refractivity contribution >= 4 is 0 Å². The van der Waals surface area contributed by atoms with Crippen molar-refractivity contribution in [3.63, 3.8) is 0 Å². The van der Waals surface area contributed by atoms with Crippen LogP contribution in [-0.4, -0.2) is 38.7 Å². The average Bonchev–Trinajstić information content (AvgIpc) is 2.36. The molecule has 102 valence electrons. The number of methoxy groups -OCH3 is 1. The van der Waals surface area contributed by atoms with E-state index in [1.54, 1.807) is 7.11 Å². The highest BCUT2D eigenvalue weighted by molar-refractivity contribution is 5.28. The van der Waals surface area contributed by atoms with Crippen LogP contribution >= 0.6 is 0 Å². The van der Waals surface area contributed by atoms with Crippen molar-refractivity contribution in [1.82, 2.24) is 10.2 Å². The summed E-state index contributed by atoms with van der Waals surface area (Å²) in [6.45, 7) is 5.56. The van der Waals surface area contributed by atoms with E-state index in [9.17, 15) is 0 Å². The summed E-state index contributed by atoms with van der Waals surface area (Å²) in [5.74, 6) is 0.909. The van der Waals surface area contributed by atoms with E-state index in [0.717, 1.165) is 18.7 Å². The van der Waals surface area contributed by atoms with Crippen LogP contribution in [0, 0.1) is 0 Å². The Bertz CT molecular complexity index is 335. The first kappa shape index (κ1) is 15.0. The van der Waals surface area contributed by atoms with E-state index >= 15 is 0 Å². The van der Waals surface area contributed by atoms with Gasteiger partial charge in [-0.1, -0.05) is 12.1 Å². The lowest BCUT2D eigenvalue weighted by Crippen LogP contribution is -2.31. The molecule has 1 rings (SSSR count). The molecule has 0 fully saturated rings. The molecule has 3 heteroatoms. The van der Waals surface area contributed by atoms with Crippen molar-refractivity contribution < 1.29 is 4.74 Å². The normalized spacial score (nSPS) is 14.6. The first-order valence-corrected chi connectivity index (χ1v) is 6.57. The minimum Gasteiger partial charge on any atom is -0.497 e. The van der Waals surface area contributed by atoms with Crippen molar-refractivity contribution in [3.8, 4) is 5.75 Å². The highest BCUT2D eigenvalue weighted by atomic mass is 16.5. The van der Waals surface area contributed by atoms with E-state index in [1.807, 2.05) is 12.1 Å². The Labute approximate surface area is 111 Å². The van der Waals surface area contributed by atoms with Crippen LogP contribution in [0.1, 0.15) is 31.9 Å². The molecule has 1 aromatic rings. The summed E-state index contributed by atoms with van der Waals surface area (Å²) >= 11 is 0. The molecule has 0 aliphatic rings. The van der Waals surface area contributed by atoms with Crippen LogP contribution in [0.2, 0.25) is 0 Å². The number of nitrogens with zero attached hydrogens (tertiary/aromatic N) is 1. The minimum atomic E-state index is 0.369. The molecule has 0 bridgehead atoms. The van der Waals surface area contributed by atoms with Gasteiger partial charge in [0.1, 0.15) is 5.75 Å². The molecule has 0 saturated heterocycles. The van der Waals surface area contributed by atoms with Crippen molar-refractivity contribution in [2.75, 3.05) is 27.7 Å². The molecule has 0 saturated carbocycles. The molecule has 2 atom stereocenters. The van der Waals surface area contributed by atoms with E-state index in [0.29, 0.717) is 12.1 Å². The second-order valence-corrected chi connectivity index (χ2v) is 5.15. The van der Waals surface area contributed by atoms with Crippen LogP contribution in [-0.2, 0) is 0 Å². The van der Waals surface area contributed by atoms with Crippen LogP contribution in [0.4, 0.5) is 0 Å². The van der Waals surface area contributed by atoms with E-state index in [2.05, 4.69) is 50.3 Å². The molecule has 1 aromatic carbocycles. The molecule has 18 heavy (non-hydrogen) atoms. The van der Waals surface area contributed by atoms with Gasteiger partial charge in [-0.25, -0.2) is 0 Å². The first-order chi connectivity index (χ1) is 8.52. The zero-order chi connectivity index (χ0) is 13.5. The van der Waals surface area contributed by atoms with Crippen LogP contribution in [0.3, 0.4) is 0 Å². The number of nitrogens with one attached hydrogen (secondary N) is 1. The molecule has 0 aliphatic heterocycles. The van der Waals surface area contributed by atoms with E-state index < -0.39 is 0 Å². The Kier molecular flexibility index (Phi) is 6.16. The van der Waals surface area contributed by atoms with Gasteiger partial charge in [-0.2, -0.15) is 0 Å². The molecule has 0 spiro atoms. The third kappa shape index (κ3) is 5.07. The Balaban J connectivity index is 2.45. The second kappa shape index (κ2) is 7.39. The molecule has 3 nitrogen and oxygen atoms in total. The van der Waals surface area contributed by atoms with Gasteiger partial charge >= 0.3 is 0 Å². The van der Waals surface area contributed by atoms with Gasteiger partial charge in [-0.3, -0.25) is 0 Å². The molecule has 1 N–H and O–H groups in total. The lowest BCUT2D eigenvalue weighted by molar-refractivity contribution is 0.354. The van der Waals surface area contributed by atoms with Gasteiger partial charge in [0.15, 0.2) is 0 Å². The van der Waals surface area contributed by atoms with E-state index in [-0.39, 0.29) is 0 Å². The van der Waals surface area contributed by atoms with Gasteiger partial charge in [-0.15, -0.1) is 0 Å². The zero-order valence-electron chi connectivity index (χ0n) is 12.2. The fourth-order valence-corrected chi connectivity index (χ4v) is 1.95. The molecule has 0 aliphatic carbocycles. The standard InChI is InChI=1S/C15H26N2O/c1-12(10-11-17(3)4)16-13(2)14-6-8-15(18-5)9-7-14/h6-9,12-13,16H,10-11H2,1-5H3. The van der Waals surface area contributed by atoms with Gasteiger partial charge in [-0.05, 0) is 58.6 Å². The predicted octanol–water partition coefficient (Wildman–Crippen LogP) is 2.69. The maximum atomic E-state index is 5.17. The Hall–Kier alpha value is -1.06. The van der Waals surface area contributed by atoms with Gasteiger partial charge < -0.3 is 15.0 Å². The lowest BCUT2D eigenvalue weighted by atomic mass is 10.1. The van der Waals surface area contributed by atoms with Crippen LogP contribution in [0.15, 0.2) is 24.3 Å². The summed E-state index contributed by atoms with van der Waals surface area (Å²) in [6, 6.07) is 9.15. The molecule has 0 amide bonds. The van der Waals surface area contributed by atoms with Crippen LogP contribution in [0.5, 0.6) is 5.75 Å². The van der Waals surface area contributed by atoms with Gasteiger partial charge in [0.05, 0.1) is 7.11 Å². The summed E-state index contributed by atoms with van der Waals surface area (Å²) in [7, 11) is 5.92. The summed E-state index contributed by atoms with van der Waals surface area (Å²) in [6.07, 6.45) is 1.16. The fourth-order valence-electron chi connectivity index (χ4n) is 1.95. The second-order valence-electron chi connectivity index (χ2n) is 5.15. The summed E-state index contributed by atoms with van der Waals surface area (Å²) in [4.78, 5) is 2.22. The smallest absolute Gasteiger partial charge is 0.118 e. The monoisotopic (exact) mass is 250 g/mol. The molecule has 0 aromatic heterocycles. The number of benzene rings is 1. The SMILES string of the molecule is COc1ccc(C(C)NC(C)CCN(C)C)cc1. The maximum absolute atomic E-state index is 5.17. The van der Waals surface area contributed by atoms with Gasteiger partial charge in [0.25, 0.3) is 0 Å². The Morgan fingerprint density at radius 2 is 1.78 bits per heavy atom. The highest BCUT2D eigenvalue weighted by Gasteiger charge is 2.09. The molecular weight excluding hydrogens is 224 g/mol. The molecule has 0 heterocycles. The van der Waals surface area contributed by atoms with Gasteiger partial charge in [0, 0.05) is 12.1 Å². The van der Waals surface area contributed by atoms with Crippen molar-refractivity contribution in [1.29, 1.82) is 0 Å². The predicted molar refractivity (Wildman–Crippen MR) is 77.2 cm³/mol. The summed E-state index contributed by atoms with van der Waals surface area (Å²) < 4.78 is 5.17. The number of ether oxygens (including phenoxy) is 1. The number of rotatable bonds is 7. The van der Waals surface area contributed by atoms with Crippen molar-refractivity contribution in [2.24, 2.45) is 0 Å². The zero-order valence-corrected chi connectivity index (χ0v) is 12.2. The minimum absolute atomic E-state index is 0.369. The topological polar surface area (TPSA) is 24.5 Å². The Morgan fingerprint density at radius 3 is 2.28 bits per heavy atom. The third-order valence-corrected chi connectivity index (χ3v) is 3.16. The van der Waals surface area contributed by atoms with Crippen molar-refractivity contribution in [3.05, 3.63) is 29.8 Å². The number of hydrogen-bond acceptors (Lipinski definition) is 3. The van der Waals surface area contributed by atoms with Gasteiger partial charge in [0.2, 0.25) is 0 Å². The largest absolute Gasteiger partial charge is 0.497 e. The molecule has 2 unspecified atom stereocenters. The summed E-state index contributed by atoms with van der Waals surface area (Å²) in [5, 5.41) is 3.62. The van der Waals surface area contributed by atoms with Crippen LogP contribution < -0.4 is 10.1 Å². The Morgan fingerprint density at radius 1 is 1.17 bits per heavy atom. The average molecular weight is 250 g/mol. The van der Waals surface area contributed by atoms with Crippen molar-refractivity contribution in [2.45, 2.75) is 32.4 Å². The van der Waals surface area contributed by atoms with E-state index in [1.165, 1.54) is 5.56 Å². The quantitative estimate of drug-likeness (QED) is 0.805. The van der Waals surface area contributed by atoms with Crippen LogP contribution in [0.25, 0.3) is 0 Å². The maximum Gasteiger partial charge on any atom is 0.118 e. The number of hydrogen-bond donors (Lipinski definition) is 1. The fraction of sp³-hybridized carbons (Fsp3) is 0.600. The third-order valence-electron chi connectivity index (χ3n) is 3.16. The first-order valence-electron chi connectivity index (χ1n) is 6.57. The molecular formula is C15H26N2O. The molecule has 0 radical (unpaired) electrons.